The van der Waals surface area contributed by atoms with Crippen molar-refractivity contribution in [2.45, 2.75) is 24.8 Å². The molecule has 1 unspecified atom stereocenters. The van der Waals surface area contributed by atoms with Gasteiger partial charge in [-0.1, -0.05) is 0 Å². The summed E-state index contributed by atoms with van der Waals surface area (Å²) < 4.78 is 31.6. The minimum absolute atomic E-state index is 0.105. The molecule has 2 heterocycles. The van der Waals surface area contributed by atoms with Crippen LogP contribution in [0.1, 0.15) is 17.8 Å². The van der Waals surface area contributed by atoms with Crippen LogP contribution < -0.4 is 0 Å². The molecule has 0 aliphatic carbocycles. The summed E-state index contributed by atoms with van der Waals surface area (Å²) in [6.07, 6.45) is 0.790. The fourth-order valence-corrected chi connectivity index (χ4v) is 4.29. The van der Waals surface area contributed by atoms with Gasteiger partial charge in [0.05, 0.1) is 18.9 Å². The quantitative estimate of drug-likeness (QED) is 0.787. The topological polar surface area (TPSA) is 95.5 Å². The first-order valence-corrected chi connectivity index (χ1v) is 7.58. The van der Waals surface area contributed by atoms with Crippen LogP contribution in [0.5, 0.6) is 0 Å². The number of nitrogens with zero attached hydrogens (tertiary/aromatic N) is 2. The van der Waals surface area contributed by atoms with E-state index >= 15 is 0 Å². The number of aryl methyl sites for hydroxylation is 1. The van der Waals surface area contributed by atoms with E-state index in [1.165, 1.54) is 4.31 Å². The van der Waals surface area contributed by atoms with E-state index in [4.69, 9.17) is 4.74 Å². The van der Waals surface area contributed by atoms with Crippen molar-refractivity contribution in [2.24, 2.45) is 5.92 Å². The van der Waals surface area contributed by atoms with E-state index in [0.29, 0.717) is 25.4 Å². The first-order valence-electron chi connectivity index (χ1n) is 6.14. The average molecular weight is 289 g/mol. The molecule has 0 amide bonds. The van der Waals surface area contributed by atoms with Crippen LogP contribution in [0.15, 0.2) is 4.90 Å². The molecule has 1 saturated heterocycles. The number of aliphatic hydroxyl groups is 1. The maximum atomic E-state index is 12.6. The van der Waals surface area contributed by atoms with Crippen LogP contribution in [0, 0.1) is 12.8 Å². The molecule has 8 heteroatoms. The lowest BCUT2D eigenvalue weighted by atomic mass is 10.1. The Morgan fingerprint density at radius 2 is 2.32 bits per heavy atom. The first-order chi connectivity index (χ1) is 9.00. The summed E-state index contributed by atoms with van der Waals surface area (Å²) in [5.41, 5.74) is 0.631. The van der Waals surface area contributed by atoms with Crippen molar-refractivity contribution in [1.82, 2.24) is 14.5 Å². The largest absolute Gasteiger partial charge is 0.390 e. The Labute approximate surface area is 112 Å². The number of rotatable bonds is 5. The van der Waals surface area contributed by atoms with Crippen molar-refractivity contribution in [3.63, 3.8) is 0 Å². The van der Waals surface area contributed by atoms with Crippen LogP contribution in [0.2, 0.25) is 0 Å². The fourth-order valence-electron chi connectivity index (χ4n) is 2.44. The maximum Gasteiger partial charge on any atom is 0.246 e. The van der Waals surface area contributed by atoms with Gasteiger partial charge < -0.3 is 9.84 Å². The van der Waals surface area contributed by atoms with Gasteiger partial charge in [0, 0.05) is 20.2 Å². The second-order valence-electron chi connectivity index (χ2n) is 4.76. The molecule has 0 radical (unpaired) electrons. The normalized spacial score (nSPS) is 21.1. The van der Waals surface area contributed by atoms with Gasteiger partial charge in [-0.05, 0) is 19.3 Å². The summed E-state index contributed by atoms with van der Waals surface area (Å²) in [5.74, 6) is 0.226. The number of hydrogen-bond donors (Lipinski definition) is 2. The Bertz CT molecular complexity index is 540. The molecular formula is C11H19N3O4S. The molecular weight excluding hydrogens is 270 g/mol. The lowest BCUT2D eigenvalue weighted by Crippen LogP contribution is -2.30. The number of ether oxygens (including phenoxy) is 1. The standard InChI is InChI=1S/C11H19N3O4S/c1-8-11(10(6-15)13-12-8)19(16,17)14-4-3-9(5-14)7-18-2/h9,15H,3-7H2,1-2H3,(H,12,13). The molecule has 7 nitrogen and oxygen atoms in total. The van der Waals surface area contributed by atoms with Crippen molar-refractivity contribution in [3.05, 3.63) is 11.4 Å². The zero-order valence-corrected chi connectivity index (χ0v) is 11.9. The van der Waals surface area contributed by atoms with Gasteiger partial charge in [-0.3, -0.25) is 5.10 Å². The second kappa shape index (κ2) is 5.58. The Morgan fingerprint density at radius 1 is 1.58 bits per heavy atom. The summed E-state index contributed by atoms with van der Waals surface area (Å²) in [4.78, 5) is 0.105. The van der Waals surface area contributed by atoms with Crippen molar-refractivity contribution < 1.29 is 18.3 Å². The highest BCUT2D eigenvalue weighted by molar-refractivity contribution is 7.89. The lowest BCUT2D eigenvalue weighted by molar-refractivity contribution is 0.157. The van der Waals surface area contributed by atoms with Crippen LogP contribution in [0.3, 0.4) is 0 Å². The molecule has 2 N–H and O–H groups in total. The van der Waals surface area contributed by atoms with E-state index in [0.717, 1.165) is 6.42 Å². The van der Waals surface area contributed by atoms with Gasteiger partial charge in [0.1, 0.15) is 10.6 Å². The van der Waals surface area contributed by atoms with Crippen LogP contribution in [-0.4, -0.2) is 54.8 Å². The van der Waals surface area contributed by atoms with Crippen molar-refractivity contribution in [3.8, 4) is 0 Å². The highest BCUT2D eigenvalue weighted by Gasteiger charge is 2.35. The third-order valence-electron chi connectivity index (χ3n) is 3.36. The lowest BCUT2D eigenvalue weighted by Gasteiger charge is -2.16. The highest BCUT2D eigenvalue weighted by atomic mass is 32.2. The van der Waals surface area contributed by atoms with E-state index in [1.807, 2.05) is 0 Å². The zero-order chi connectivity index (χ0) is 14.0. The van der Waals surface area contributed by atoms with Crippen molar-refractivity contribution in [2.75, 3.05) is 26.8 Å². The number of methoxy groups -OCH3 is 1. The Morgan fingerprint density at radius 3 is 2.95 bits per heavy atom. The van der Waals surface area contributed by atoms with Crippen molar-refractivity contribution >= 4 is 10.0 Å². The molecule has 0 spiro atoms. The number of aromatic amines is 1. The molecule has 0 saturated carbocycles. The number of aromatic nitrogens is 2. The number of hydrogen-bond acceptors (Lipinski definition) is 5. The van der Waals surface area contributed by atoms with E-state index in [9.17, 15) is 13.5 Å². The molecule has 1 fully saturated rings. The summed E-state index contributed by atoms with van der Waals surface area (Å²) in [5, 5.41) is 15.6. The fraction of sp³-hybridized carbons (Fsp3) is 0.727. The van der Waals surface area contributed by atoms with Crippen molar-refractivity contribution in [1.29, 1.82) is 0 Å². The van der Waals surface area contributed by atoms with E-state index < -0.39 is 16.6 Å². The SMILES string of the molecule is COCC1CCN(S(=O)(=O)c2c(CO)n[nH]c2C)C1. The van der Waals surface area contributed by atoms with Crippen LogP contribution >= 0.6 is 0 Å². The van der Waals surface area contributed by atoms with Gasteiger partial charge in [-0.25, -0.2) is 8.42 Å². The monoisotopic (exact) mass is 289 g/mol. The summed E-state index contributed by atoms with van der Waals surface area (Å²) in [7, 11) is -1.98. The summed E-state index contributed by atoms with van der Waals surface area (Å²) in [6.45, 7) is 2.73. The highest BCUT2D eigenvalue weighted by Crippen LogP contribution is 2.27. The number of nitrogens with one attached hydrogen (secondary N) is 1. The van der Waals surface area contributed by atoms with Gasteiger partial charge in [0.2, 0.25) is 10.0 Å². The number of sulfonamides is 1. The first kappa shape index (κ1) is 14.4. The average Bonchev–Trinajstić information content (AvgIpc) is 2.96. The molecule has 1 atom stereocenters. The Hall–Kier alpha value is -0.960. The Balaban J connectivity index is 2.26. The maximum absolute atomic E-state index is 12.6. The third kappa shape index (κ3) is 2.66. The molecule has 0 bridgehead atoms. The van der Waals surface area contributed by atoms with E-state index in [1.54, 1.807) is 14.0 Å². The van der Waals surface area contributed by atoms with Gasteiger partial charge >= 0.3 is 0 Å². The summed E-state index contributed by atoms with van der Waals surface area (Å²) >= 11 is 0. The molecule has 1 aromatic heterocycles. The van der Waals surface area contributed by atoms with Crippen LogP contribution in [0.25, 0.3) is 0 Å². The predicted molar refractivity (Wildman–Crippen MR) is 68.0 cm³/mol. The molecule has 1 aliphatic heterocycles. The van der Waals surface area contributed by atoms with Gasteiger partial charge in [-0.15, -0.1) is 0 Å². The minimum atomic E-state index is -3.60. The Kier molecular flexibility index (Phi) is 4.24. The summed E-state index contributed by atoms with van der Waals surface area (Å²) in [6, 6.07) is 0. The molecule has 1 aromatic rings. The third-order valence-corrected chi connectivity index (χ3v) is 5.43. The van der Waals surface area contributed by atoms with E-state index in [2.05, 4.69) is 10.2 Å². The minimum Gasteiger partial charge on any atom is -0.390 e. The second-order valence-corrected chi connectivity index (χ2v) is 6.63. The predicted octanol–water partition coefficient (Wildman–Crippen LogP) is -0.133. The van der Waals surface area contributed by atoms with Gasteiger partial charge in [0.25, 0.3) is 0 Å². The molecule has 19 heavy (non-hydrogen) atoms. The van der Waals surface area contributed by atoms with Crippen LogP contribution in [-0.2, 0) is 21.4 Å². The van der Waals surface area contributed by atoms with E-state index in [-0.39, 0.29) is 16.5 Å². The van der Waals surface area contributed by atoms with Gasteiger partial charge in [-0.2, -0.15) is 9.40 Å². The number of aliphatic hydroxyl groups excluding tert-OH is 1. The van der Waals surface area contributed by atoms with Crippen LogP contribution in [0.4, 0.5) is 0 Å². The smallest absolute Gasteiger partial charge is 0.246 e. The molecule has 0 aromatic carbocycles. The number of H-pyrrole nitrogens is 1. The molecule has 108 valence electrons. The molecule has 1 aliphatic rings. The molecule has 2 rings (SSSR count). The zero-order valence-electron chi connectivity index (χ0n) is 11.1. The van der Waals surface area contributed by atoms with Gasteiger partial charge in [0.15, 0.2) is 0 Å².